The average Bonchev–Trinajstić information content (AvgIpc) is 3.16. The van der Waals surface area contributed by atoms with E-state index in [0.717, 1.165) is 44.8 Å². The van der Waals surface area contributed by atoms with E-state index in [1.807, 2.05) is 0 Å². The first-order valence-corrected chi connectivity index (χ1v) is 11.4. The topological polar surface area (TPSA) is 49.3 Å². The van der Waals surface area contributed by atoms with Crippen molar-refractivity contribution in [2.24, 2.45) is 5.41 Å². The Hall–Kier alpha value is -2.27. The second-order valence-corrected chi connectivity index (χ2v) is 9.47. The molecule has 0 saturated carbocycles. The van der Waals surface area contributed by atoms with E-state index in [2.05, 4.69) is 57.9 Å². The van der Waals surface area contributed by atoms with Crippen LogP contribution >= 0.6 is 0 Å². The van der Waals surface area contributed by atoms with Gasteiger partial charge in [-0.05, 0) is 49.3 Å². The predicted molar refractivity (Wildman–Crippen MR) is 119 cm³/mol. The van der Waals surface area contributed by atoms with Crippen LogP contribution < -0.4 is 0 Å². The number of carbonyl (C=O) groups excluding carboxylic acids is 1. The molecule has 1 aromatic carbocycles. The number of aryl methyl sites for hydroxylation is 1. The molecular weight excluding hydrogens is 372 g/mol. The fraction of sp³-hybridized carbons (Fsp3) is 0.560. The number of amides is 1. The zero-order valence-corrected chi connectivity index (χ0v) is 18.4. The van der Waals surface area contributed by atoms with Crippen molar-refractivity contribution in [2.45, 2.75) is 58.4 Å². The maximum Gasteiger partial charge on any atom is 0.222 e. The number of piperidine rings is 1. The summed E-state index contributed by atoms with van der Waals surface area (Å²) < 4.78 is 0. The summed E-state index contributed by atoms with van der Waals surface area (Å²) in [6, 6.07) is 9.11. The van der Waals surface area contributed by atoms with Crippen LogP contribution in [0.1, 0.15) is 62.3 Å². The molecule has 160 valence electrons. The number of hydrogen-bond acceptors (Lipinski definition) is 4. The quantitative estimate of drug-likeness (QED) is 0.726. The van der Waals surface area contributed by atoms with Gasteiger partial charge >= 0.3 is 0 Å². The fourth-order valence-corrected chi connectivity index (χ4v) is 5.04. The van der Waals surface area contributed by atoms with Crippen LogP contribution in [0.5, 0.6) is 0 Å². The van der Waals surface area contributed by atoms with E-state index >= 15 is 0 Å². The van der Waals surface area contributed by atoms with Crippen LogP contribution in [0.2, 0.25) is 0 Å². The zero-order chi connectivity index (χ0) is 21.0. The van der Waals surface area contributed by atoms with Crippen LogP contribution in [-0.2, 0) is 17.8 Å². The smallest absolute Gasteiger partial charge is 0.222 e. The van der Waals surface area contributed by atoms with Crippen LogP contribution in [0.4, 0.5) is 0 Å². The molecule has 1 aromatic heterocycles. The summed E-state index contributed by atoms with van der Waals surface area (Å²) in [5, 5.41) is 0. The van der Waals surface area contributed by atoms with Gasteiger partial charge in [0.2, 0.25) is 5.91 Å². The molecule has 1 unspecified atom stereocenters. The molecule has 2 aliphatic heterocycles. The molecule has 5 heteroatoms. The summed E-state index contributed by atoms with van der Waals surface area (Å²) in [5.41, 5.74) is 3.97. The van der Waals surface area contributed by atoms with Gasteiger partial charge in [0.25, 0.3) is 0 Å². The van der Waals surface area contributed by atoms with Crippen LogP contribution in [-0.4, -0.2) is 51.9 Å². The number of likely N-dealkylation sites (tertiary alicyclic amines) is 2. The van der Waals surface area contributed by atoms with Crippen molar-refractivity contribution in [3.63, 3.8) is 0 Å². The van der Waals surface area contributed by atoms with Crippen molar-refractivity contribution >= 4 is 5.91 Å². The minimum absolute atomic E-state index is 0.263. The molecule has 2 fully saturated rings. The van der Waals surface area contributed by atoms with Crippen molar-refractivity contribution in [1.82, 2.24) is 19.8 Å². The van der Waals surface area contributed by atoms with Gasteiger partial charge in [0.15, 0.2) is 0 Å². The van der Waals surface area contributed by atoms with Crippen LogP contribution in [0, 0.1) is 5.41 Å². The average molecular weight is 407 g/mol. The van der Waals surface area contributed by atoms with Gasteiger partial charge in [-0.15, -0.1) is 0 Å². The minimum Gasteiger partial charge on any atom is -0.342 e. The van der Waals surface area contributed by atoms with Crippen LogP contribution in [0.25, 0.3) is 0 Å². The van der Waals surface area contributed by atoms with Crippen molar-refractivity contribution in [3.8, 4) is 0 Å². The highest BCUT2D eigenvalue weighted by molar-refractivity contribution is 5.76. The number of benzene rings is 1. The predicted octanol–water partition coefficient (Wildman–Crippen LogP) is 4.05. The molecule has 0 bridgehead atoms. The van der Waals surface area contributed by atoms with Crippen LogP contribution in [0.3, 0.4) is 0 Å². The SMILES string of the molecule is CC(C)c1ccc(CN2CCCC3(CCN(C(=O)CCc4cnccn4)C3)C2)cc1. The lowest BCUT2D eigenvalue weighted by Gasteiger charge is -2.40. The molecule has 2 aromatic rings. The van der Waals surface area contributed by atoms with E-state index in [4.69, 9.17) is 0 Å². The summed E-state index contributed by atoms with van der Waals surface area (Å²) in [6.07, 6.45) is 9.92. The van der Waals surface area contributed by atoms with Gasteiger partial charge in [-0.2, -0.15) is 0 Å². The number of nitrogens with zero attached hydrogens (tertiary/aromatic N) is 4. The lowest BCUT2D eigenvalue weighted by molar-refractivity contribution is -0.130. The first-order valence-electron chi connectivity index (χ1n) is 11.4. The monoisotopic (exact) mass is 406 g/mol. The second-order valence-electron chi connectivity index (χ2n) is 9.47. The third-order valence-corrected chi connectivity index (χ3v) is 6.80. The maximum atomic E-state index is 12.8. The van der Waals surface area contributed by atoms with Crippen molar-refractivity contribution < 1.29 is 4.79 Å². The third-order valence-electron chi connectivity index (χ3n) is 6.80. The van der Waals surface area contributed by atoms with E-state index < -0.39 is 0 Å². The van der Waals surface area contributed by atoms with Crippen LogP contribution in [0.15, 0.2) is 42.9 Å². The van der Waals surface area contributed by atoms with Gasteiger partial charge in [0, 0.05) is 56.6 Å². The zero-order valence-electron chi connectivity index (χ0n) is 18.4. The van der Waals surface area contributed by atoms with Gasteiger partial charge in [-0.1, -0.05) is 38.1 Å². The van der Waals surface area contributed by atoms with Crippen molar-refractivity contribution in [2.75, 3.05) is 26.2 Å². The molecule has 0 radical (unpaired) electrons. The first kappa shape index (κ1) is 21.0. The highest BCUT2D eigenvalue weighted by Gasteiger charge is 2.42. The van der Waals surface area contributed by atoms with Crippen molar-refractivity contribution in [1.29, 1.82) is 0 Å². The first-order chi connectivity index (χ1) is 14.5. The molecule has 2 saturated heterocycles. The molecule has 1 spiro atoms. The summed E-state index contributed by atoms with van der Waals surface area (Å²) in [5.74, 6) is 0.840. The Morgan fingerprint density at radius 2 is 1.93 bits per heavy atom. The second kappa shape index (κ2) is 9.25. The number of carbonyl (C=O) groups is 1. The third kappa shape index (κ3) is 5.07. The largest absolute Gasteiger partial charge is 0.342 e. The Labute approximate surface area is 180 Å². The Morgan fingerprint density at radius 3 is 2.67 bits per heavy atom. The Kier molecular flexibility index (Phi) is 6.47. The highest BCUT2D eigenvalue weighted by atomic mass is 16.2. The molecule has 0 N–H and O–H groups in total. The Balaban J connectivity index is 1.30. The molecule has 1 amide bonds. The number of aromatic nitrogens is 2. The molecule has 0 aliphatic carbocycles. The summed E-state index contributed by atoms with van der Waals surface area (Å²) in [4.78, 5) is 25.8. The number of hydrogen-bond donors (Lipinski definition) is 0. The normalized spacial score (nSPS) is 22.2. The van der Waals surface area contributed by atoms with E-state index in [1.54, 1.807) is 18.6 Å². The summed E-state index contributed by atoms with van der Waals surface area (Å²) in [6.45, 7) is 9.57. The van der Waals surface area contributed by atoms with Gasteiger partial charge in [0.05, 0.1) is 5.69 Å². The molecular formula is C25H34N4O. The van der Waals surface area contributed by atoms with Gasteiger partial charge < -0.3 is 4.90 Å². The fourth-order valence-electron chi connectivity index (χ4n) is 5.04. The Bertz CT molecular complexity index is 836. The molecule has 2 aliphatic rings. The lowest BCUT2D eigenvalue weighted by atomic mass is 9.79. The standard InChI is InChI=1S/C25H34N4O/c1-20(2)22-6-4-21(5-7-22)17-28-14-3-10-25(18-28)11-15-29(19-25)24(30)9-8-23-16-26-12-13-27-23/h4-7,12-13,16,20H,3,8-11,14-15,17-19H2,1-2H3. The summed E-state index contributed by atoms with van der Waals surface area (Å²) >= 11 is 0. The van der Waals surface area contributed by atoms with Gasteiger partial charge in [-0.25, -0.2) is 0 Å². The van der Waals surface area contributed by atoms with E-state index in [9.17, 15) is 4.79 Å². The molecule has 1 atom stereocenters. The van der Waals surface area contributed by atoms with E-state index in [0.29, 0.717) is 18.8 Å². The lowest BCUT2D eigenvalue weighted by Crippen LogP contribution is -2.45. The Morgan fingerprint density at radius 1 is 1.10 bits per heavy atom. The molecule has 4 rings (SSSR count). The van der Waals surface area contributed by atoms with E-state index in [1.165, 1.54) is 24.0 Å². The van der Waals surface area contributed by atoms with Gasteiger partial charge in [-0.3, -0.25) is 19.7 Å². The molecule has 5 nitrogen and oxygen atoms in total. The summed E-state index contributed by atoms with van der Waals surface area (Å²) in [7, 11) is 0. The molecule has 3 heterocycles. The maximum absolute atomic E-state index is 12.8. The van der Waals surface area contributed by atoms with Gasteiger partial charge in [0.1, 0.15) is 0 Å². The minimum atomic E-state index is 0.263. The molecule has 30 heavy (non-hydrogen) atoms. The van der Waals surface area contributed by atoms with E-state index in [-0.39, 0.29) is 11.3 Å². The van der Waals surface area contributed by atoms with Crippen molar-refractivity contribution in [3.05, 3.63) is 59.7 Å². The highest BCUT2D eigenvalue weighted by Crippen LogP contribution is 2.39. The number of rotatable bonds is 6.